The second-order valence-electron chi connectivity index (χ2n) is 5.78. The van der Waals surface area contributed by atoms with Crippen LogP contribution in [0.1, 0.15) is 12.8 Å². The van der Waals surface area contributed by atoms with E-state index in [9.17, 15) is 8.42 Å². The predicted molar refractivity (Wildman–Crippen MR) is 81.4 cm³/mol. The zero-order valence-corrected chi connectivity index (χ0v) is 13.4. The van der Waals surface area contributed by atoms with Crippen LogP contribution in [0.25, 0.3) is 0 Å². The molecule has 6 nitrogen and oxygen atoms in total. The van der Waals surface area contributed by atoms with E-state index in [4.69, 9.17) is 0 Å². The highest BCUT2D eigenvalue weighted by atomic mass is 32.2. The number of sulfonamides is 1. The number of nitrogens with one attached hydrogen (secondary N) is 1. The van der Waals surface area contributed by atoms with Crippen LogP contribution in [0.2, 0.25) is 0 Å². The molecule has 2 fully saturated rings. The Hall–Kier alpha value is -0.210. The van der Waals surface area contributed by atoms with Crippen molar-refractivity contribution in [1.82, 2.24) is 19.4 Å². The fourth-order valence-electron chi connectivity index (χ4n) is 2.76. The molecule has 2 heterocycles. The van der Waals surface area contributed by atoms with Crippen LogP contribution >= 0.6 is 0 Å². The van der Waals surface area contributed by atoms with Gasteiger partial charge in [-0.2, -0.15) is 0 Å². The molecule has 0 radical (unpaired) electrons. The Morgan fingerprint density at radius 1 is 1.00 bits per heavy atom. The molecular formula is C13H28N4O2S. The van der Waals surface area contributed by atoms with Gasteiger partial charge in [-0.1, -0.05) is 0 Å². The molecule has 2 aliphatic heterocycles. The van der Waals surface area contributed by atoms with E-state index in [1.54, 1.807) is 7.05 Å². The second kappa shape index (κ2) is 7.70. The van der Waals surface area contributed by atoms with Gasteiger partial charge in [0.05, 0.1) is 5.75 Å². The van der Waals surface area contributed by atoms with Crippen LogP contribution in [0.15, 0.2) is 0 Å². The first-order valence-corrected chi connectivity index (χ1v) is 9.28. The van der Waals surface area contributed by atoms with Gasteiger partial charge in [-0.25, -0.2) is 12.7 Å². The first kappa shape index (κ1) is 16.2. The number of nitrogens with zero attached hydrogens (tertiary/aromatic N) is 3. The van der Waals surface area contributed by atoms with E-state index >= 15 is 0 Å². The summed E-state index contributed by atoms with van der Waals surface area (Å²) in [5.74, 6) is 0.240. The minimum absolute atomic E-state index is 0.240. The Kier molecular flexibility index (Phi) is 6.22. The van der Waals surface area contributed by atoms with Crippen LogP contribution in [-0.4, -0.2) is 94.2 Å². The monoisotopic (exact) mass is 304 g/mol. The van der Waals surface area contributed by atoms with Crippen LogP contribution in [0.3, 0.4) is 0 Å². The zero-order valence-electron chi connectivity index (χ0n) is 12.6. The Balaban J connectivity index is 1.70. The molecule has 0 spiro atoms. The van der Waals surface area contributed by atoms with Crippen molar-refractivity contribution in [3.8, 4) is 0 Å². The van der Waals surface area contributed by atoms with Gasteiger partial charge in [0.1, 0.15) is 0 Å². The molecule has 0 aromatic carbocycles. The normalized spacial score (nSPS) is 22.7. The molecule has 2 aliphatic rings. The van der Waals surface area contributed by atoms with E-state index in [-0.39, 0.29) is 5.75 Å². The highest BCUT2D eigenvalue weighted by Gasteiger charge is 2.21. The highest BCUT2D eigenvalue weighted by Crippen LogP contribution is 2.08. The quantitative estimate of drug-likeness (QED) is 0.671. The SMILES string of the molecule is CN(CCN1CCCC1)S(=O)(=O)CCN1CCNCC1. The van der Waals surface area contributed by atoms with Crippen molar-refractivity contribution >= 4 is 10.0 Å². The lowest BCUT2D eigenvalue weighted by molar-refractivity contribution is 0.252. The molecule has 0 amide bonds. The van der Waals surface area contributed by atoms with E-state index in [0.717, 1.165) is 45.8 Å². The summed E-state index contributed by atoms with van der Waals surface area (Å²) in [6, 6.07) is 0. The summed E-state index contributed by atoms with van der Waals surface area (Å²) in [5.41, 5.74) is 0. The topological polar surface area (TPSA) is 55.9 Å². The molecule has 0 bridgehead atoms. The van der Waals surface area contributed by atoms with Gasteiger partial charge in [-0.3, -0.25) is 4.90 Å². The Morgan fingerprint density at radius 3 is 2.25 bits per heavy atom. The van der Waals surface area contributed by atoms with Gasteiger partial charge in [-0.05, 0) is 25.9 Å². The zero-order chi connectivity index (χ0) is 14.4. The number of rotatable bonds is 7. The molecule has 1 N–H and O–H groups in total. The van der Waals surface area contributed by atoms with E-state index in [2.05, 4.69) is 15.1 Å². The van der Waals surface area contributed by atoms with Crippen molar-refractivity contribution in [2.24, 2.45) is 0 Å². The Labute approximate surface area is 123 Å². The first-order valence-electron chi connectivity index (χ1n) is 7.67. The maximum atomic E-state index is 12.2. The third kappa shape index (κ3) is 4.96. The van der Waals surface area contributed by atoms with Gasteiger partial charge in [-0.15, -0.1) is 0 Å². The van der Waals surface area contributed by atoms with E-state index in [0.29, 0.717) is 13.1 Å². The molecule has 2 saturated heterocycles. The summed E-state index contributed by atoms with van der Waals surface area (Å²) in [6.45, 7) is 8.20. The van der Waals surface area contributed by atoms with Crippen molar-refractivity contribution in [3.05, 3.63) is 0 Å². The predicted octanol–water partition coefficient (Wildman–Crippen LogP) is -0.751. The van der Waals surface area contributed by atoms with Crippen molar-refractivity contribution in [1.29, 1.82) is 0 Å². The average molecular weight is 304 g/mol. The molecule has 118 valence electrons. The molecule has 2 rings (SSSR count). The number of hydrogen-bond acceptors (Lipinski definition) is 5. The van der Waals surface area contributed by atoms with Gasteiger partial charge in [0.2, 0.25) is 10.0 Å². The van der Waals surface area contributed by atoms with Crippen LogP contribution in [0.4, 0.5) is 0 Å². The second-order valence-corrected chi connectivity index (χ2v) is 7.97. The van der Waals surface area contributed by atoms with Gasteiger partial charge < -0.3 is 10.2 Å². The van der Waals surface area contributed by atoms with Gasteiger partial charge in [0, 0.05) is 52.9 Å². The number of likely N-dealkylation sites (N-methyl/N-ethyl adjacent to an activating group) is 1. The summed E-state index contributed by atoms with van der Waals surface area (Å²) in [5, 5.41) is 3.28. The summed E-state index contributed by atoms with van der Waals surface area (Å²) in [4.78, 5) is 4.57. The molecule has 0 atom stereocenters. The summed E-state index contributed by atoms with van der Waals surface area (Å²) >= 11 is 0. The summed E-state index contributed by atoms with van der Waals surface area (Å²) in [6.07, 6.45) is 2.50. The van der Waals surface area contributed by atoms with Gasteiger partial charge in [0.25, 0.3) is 0 Å². The first-order chi connectivity index (χ1) is 9.58. The maximum absolute atomic E-state index is 12.2. The Bertz CT molecular complexity index is 376. The molecule has 0 unspecified atom stereocenters. The molecule has 7 heteroatoms. The largest absolute Gasteiger partial charge is 0.314 e. The molecule has 0 aromatic heterocycles. The van der Waals surface area contributed by atoms with E-state index in [1.165, 1.54) is 17.1 Å². The van der Waals surface area contributed by atoms with Crippen molar-refractivity contribution in [3.63, 3.8) is 0 Å². The van der Waals surface area contributed by atoms with E-state index < -0.39 is 10.0 Å². The third-order valence-electron chi connectivity index (χ3n) is 4.28. The maximum Gasteiger partial charge on any atom is 0.215 e. The molecule has 0 aliphatic carbocycles. The average Bonchev–Trinajstić information content (AvgIpc) is 2.97. The van der Waals surface area contributed by atoms with Gasteiger partial charge >= 0.3 is 0 Å². The van der Waals surface area contributed by atoms with E-state index in [1.807, 2.05) is 0 Å². The van der Waals surface area contributed by atoms with Crippen molar-refractivity contribution in [2.45, 2.75) is 12.8 Å². The number of piperazine rings is 1. The highest BCUT2D eigenvalue weighted by molar-refractivity contribution is 7.89. The van der Waals surface area contributed by atoms with Crippen LogP contribution in [0, 0.1) is 0 Å². The summed E-state index contributed by atoms with van der Waals surface area (Å²) < 4.78 is 26.0. The summed E-state index contributed by atoms with van der Waals surface area (Å²) in [7, 11) is -1.40. The molecular weight excluding hydrogens is 276 g/mol. The standard InChI is InChI=1S/C13H28N4O2S/c1-15(10-11-16-6-2-3-7-16)20(18,19)13-12-17-8-4-14-5-9-17/h14H,2-13H2,1H3. The minimum atomic E-state index is -3.11. The fraction of sp³-hybridized carbons (Fsp3) is 1.00. The molecule has 0 saturated carbocycles. The van der Waals surface area contributed by atoms with Gasteiger partial charge in [0.15, 0.2) is 0 Å². The molecule has 20 heavy (non-hydrogen) atoms. The van der Waals surface area contributed by atoms with Crippen LogP contribution in [-0.2, 0) is 10.0 Å². The molecule has 0 aromatic rings. The number of hydrogen-bond donors (Lipinski definition) is 1. The van der Waals surface area contributed by atoms with Crippen molar-refractivity contribution in [2.75, 3.05) is 71.7 Å². The van der Waals surface area contributed by atoms with Crippen molar-refractivity contribution < 1.29 is 8.42 Å². The van der Waals surface area contributed by atoms with Crippen LogP contribution < -0.4 is 5.32 Å². The third-order valence-corrected chi connectivity index (χ3v) is 6.11. The number of likely N-dealkylation sites (tertiary alicyclic amines) is 1. The lowest BCUT2D eigenvalue weighted by Crippen LogP contribution is -2.46. The smallest absolute Gasteiger partial charge is 0.215 e. The minimum Gasteiger partial charge on any atom is -0.314 e. The lowest BCUT2D eigenvalue weighted by atomic mass is 10.4. The van der Waals surface area contributed by atoms with Crippen LogP contribution in [0.5, 0.6) is 0 Å². The lowest BCUT2D eigenvalue weighted by Gasteiger charge is -2.28. The fourth-order valence-corrected chi connectivity index (χ4v) is 3.92. The Morgan fingerprint density at radius 2 is 1.60 bits per heavy atom.